The summed E-state index contributed by atoms with van der Waals surface area (Å²) in [5, 5.41) is 0. The molecule has 0 spiro atoms. The number of hydrogen-bond donors (Lipinski definition) is 0. The van der Waals surface area contributed by atoms with Crippen LogP contribution in [0.15, 0.2) is 89.9 Å². The van der Waals surface area contributed by atoms with E-state index >= 15 is 0 Å². The highest BCUT2D eigenvalue weighted by molar-refractivity contribution is 6.12. The third kappa shape index (κ3) is 3.55. The van der Waals surface area contributed by atoms with Crippen LogP contribution in [-0.4, -0.2) is 29.0 Å². The van der Waals surface area contributed by atoms with Gasteiger partial charge in [-0.25, -0.2) is 0 Å². The van der Waals surface area contributed by atoms with Gasteiger partial charge in [-0.2, -0.15) is 4.99 Å². The lowest BCUT2D eigenvalue weighted by atomic mass is 10.1. The molecule has 0 N–H and O–H groups in total. The summed E-state index contributed by atoms with van der Waals surface area (Å²) < 4.78 is 0. The van der Waals surface area contributed by atoms with Crippen LogP contribution in [0.25, 0.3) is 0 Å². The van der Waals surface area contributed by atoms with Gasteiger partial charge in [-0.3, -0.25) is 9.59 Å². The average molecular weight is 354 g/mol. The maximum absolute atomic E-state index is 12.7. The Morgan fingerprint density at radius 2 is 1.37 bits per heavy atom. The number of carbonyl (C=O) groups excluding carboxylic acids is 2. The van der Waals surface area contributed by atoms with Crippen LogP contribution in [0.5, 0.6) is 0 Å². The fourth-order valence-corrected chi connectivity index (χ4v) is 3.22. The first-order valence-corrected chi connectivity index (χ1v) is 8.82. The van der Waals surface area contributed by atoms with Crippen molar-refractivity contribution in [2.75, 3.05) is 6.54 Å². The van der Waals surface area contributed by atoms with Crippen molar-refractivity contribution in [3.05, 3.63) is 107 Å². The second kappa shape index (κ2) is 7.38. The zero-order chi connectivity index (χ0) is 18.6. The van der Waals surface area contributed by atoms with Gasteiger partial charge in [0.25, 0.3) is 5.91 Å². The molecular weight excluding hydrogens is 336 g/mol. The summed E-state index contributed by atoms with van der Waals surface area (Å²) in [7, 11) is 0. The van der Waals surface area contributed by atoms with Gasteiger partial charge in [0.15, 0.2) is 5.78 Å². The van der Waals surface area contributed by atoms with Gasteiger partial charge in [0.2, 0.25) is 0 Å². The van der Waals surface area contributed by atoms with Crippen LogP contribution in [-0.2, 0) is 6.54 Å². The molecule has 132 valence electrons. The highest BCUT2D eigenvalue weighted by Crippen LogP contribution is 2.24. The van der Waals surface area contributed by atoms with E-state index in [1.54, 1.807) is 24.3 Å². The monoisotopic (exact) mass is 354 g/mol. The molecule has 0 aliphatic carbocycles. The van der Waals surface area contributed by atoms with Crippen LogP contribution in [0, 0.1) is 0 Å². The lowest BCUT2D eigenvalue weighted by molar-refractivity contribution is 0.0955. The zero-order valence-corrected chi connectivity index (χ0v) is 14.7. The minimum Gasteiger partial charge on any atom is -0.344 e. The first kappa shape index (κ1) is 16.9. The number of nitrogens with zero attached hydrogens (tertiary/aromatic N) is 2. The van der Waals surface area contributed by atoms with Crippen LogP contribution in [0.3, 0.4) is 0 Å². The van der Waals surface area contributed by atoms with Crippen molar-refractivity contribution in [2.24, 2.45) is 4.99 Å². The number of aliphatic imine (C=N–C) groups is 1. The van der Waals surface area contributed by atoms with E-state index < -0.39 is 0 Å². The molecule has 4 heteroatoms. The molecule has 0 aromatic heterocycles. The van der Waals surface area contributed by atoms with Gasteiger partial charge in [-0.05, 0) is 17.7 Å². The van der Waals surface area contributed by atoms with Gasteiger partial charge in [0.05, 0.1) is 6.54 Å². The van der Waals surface area contributed by atoms with Crippen LogP contribution in [0.2, 0.25) is 0 Å². The van der Waals surface area contributed by atoms with Crippen molar-refractivity contribution in [1.29, 1.82) is 0 Å². The first-order valence-electron chi connectivity index (χ1n) is 8.82. The van der Waals surface area contributed by atoms with Crippen LogP contribution in [0.1, 0.15) is 31.8 Å². The summed E-state index contributed by atoms with van der Waals surface area (Å²) in [4.78, 5) is 31.5. The maximum atomic E-state index is 12.7. The normalized spacial score (nSPS) is 14.2. The fourth-order valence-electron chi connectivity index (χ4n) is 3.22. The summed E-state index contributed by atoms with van der Waals surface area (Å²) in [5.74, 6) is 0.256. The number of amides is 1. The largest absolute Gasteiger partial charge is 0.344 e. The summed E-state index contributed by atoms with van der Waals surface area (Å²) in [6.45, 7) is 0.745. The van der Waals surface area contributed by atoms with Crippen LogP contribution < -0.4 is 0 Å². The van der Waals surface area contributed by atoms with E-state index in [0.717, 1.165) is 11.1 Å². The van der Waals surface area contributed by atoms with Gasteiger partial charge in [-0.15, -0.1) is 0 Å². The number of carbonyl (C=O) groups is 2. The molecule has 1 amide bonds. The van der Waals surface area contributed by atoms with E-state index in [1.165, 1.54) is 0 Å². The molecule has 0 unspecified atom stereocenters. The van der Waals surface area contributed by atoms with Gasteiger partial charge >= 0.3 is 0 Å². The number of amidine groups is 1. The smallest absolute Gasteiger partial charge is 0.278 e. The SMILES string of the molecule is O=C(CN1Cc2ccccc2C1=NC(=O)c1ccccc1)c1ccccc1. The molecular formula is C23H18N2O2. The quantitative estimate of drug-likeness (QED) is 0.666. The molecule has 4 nitrogen and oxygen atoms in total. The Labute approximate surface area is 157 Å². The van der Waals surface area contributed by atoms with Crippen molar-refractivity contribution in [3.8, 4) is 0 Å². The number of fused-ring (bicyclic) bond motifs is 1. The van der Waals surface area contributed by atoms with Crippen LogP contribution in [0.4, 0.5) is 0 Å². The highest BCUT2D eigenvalue weighted by atomic mass is 16.1. The van der Waals surface area contributed by atoms with E-state index in [1.807, 2.05) is 65.6 Å². The zero-order valence-electron chi connectivity index (χ0n) is 14.7. The van der Waals surface area contributed by atoms with E-state index in [-0.39, 0.29) is 18.2 Å². The Morgan fingerprint density at radius 1 is 0.778 bits per heavy atom. The molecule has 0 fully saturated rings. The molecule has 27 heavy (non-hydrogen) atoms. The Kier molecular flexibility index (Phi) is 4.62. The third-order valence-corrected chi connectivity index (χ3v) is 4.58. The molecule has 0 radical (unpaired) electrons. The molecule has 1 heterocycles. The fraction of sp³-hybridized carbons (Fsp3) is 0.0870. The van der Waals surface area contributed by atoms with E-state index in [9.17, 15) is 9.59 Å². The standard InChI is InChI=1S/C23H18N2O2/c26-21(17-9-3-1-4-10-17)16-25-15-19-13-7-8-14-20(19)22(25)24-23(27)18-11-5-2-6-12-18/h1-14H,15-16H2. The van der Waals surface area contributed by atoms with Crippen molar-refractivity contribution < 1.29 is 9.59 Å². The van der Waals surface area contributed by atoms with Crippen molar-refractivity contribution in [3.63, 3.8) is 0 Å². The summed E-state index contributed by atoms with van der Waals surface area (Å²) >= 11 is 0. The van der Waals surface area contributed by atoms with E-state index in [2.05, 4.69) is 4.99 Å². The number of benzene rings is 3. The van der Waals surface area contributed by atoms with Gasteiger partial charge < -0.3 is 4.90 Å². The van der Waals surface area contributed by atoms with E-state index in [4.69, 9.17) is 0 Å². The Hall–Kier alpha value is -3.53. The highest BCUT2D eigenvalue weighted by Gasteiger charge is 2.28. The molecule has 4 rings (SSSR count). The second-order valence-corrected chi connectivity index (χ2v) is 6.41. The summed E-state index contributed by atoms with van der Waals surface area (Å²) in [5.41, 5.74) is 3.16. The lowest BCUT2D eigenvalue weighted by Gasteiger charge is -2.18. The minimum atomic E-state index is -0.306. The average Bonchev–Trinajstić information content (AvgIpc) is 3.06. The number of hydrogen-bond acceptors (Lipinski definition) is 2. The second-order valence-electron chi connectivity index (χ2n) is 6.41. The number of Topliss-reactive ketones (excluding diaryl/α,β-unsaturated/α-hetero) is 1. The molecule has 0 saturated carbocycles. The maximum Gasteiger partial charge on any atom is 0.278 e. The predicted molar refractivity (Wildman–Crippen MR) is 105 cm³/mol. The minimum absolute atomic E-state index is 0.00302. The Bertz CT molecular complexity index is 1010. The summed E-state index contributed by atoms with van der Waals surface area (Å²) in [6, 6.07) is 26.0. The molecule has 3 aromatic carbocycles. The molecule has 1 aliphatic rings. The topological polar surface area (TPSA) is 49.7 Å². The van der Waals surface area contributed by atoms with Gasteiger partial charge in [0, 0.05) is 23.2 Å². The molecule has 3 aromatic rings. The lowest BCUT2D eigenvalue weighted by Crippen LogP contribution is -2.31. The molecule has 0 bridgehead atoms. The first-order chi connectivity index (χ1) is 13.2. The van der Waals surface area contributed by atoms with Gasteiger partial charge in [0.1, 0.15) is 5.84 Å². The molecule has 0 atom stereocenters. The van der Waals surface area contributed by atoms with Crippen LogP contribution >= 0.6 is 0 Å². The van der Waals surface area contributed by atoms with Crippen molar-refractivity contribution >= 4 is 17.5 Å². The number of ketones is 1. The Balaban J connectivity index is 1.66. The molecule has 0 saturated heterocycles. The van der Waals surface area contributed by atoms with Gasteiger partial charge in [-0.1, -0.05) is 72.8 Å². The van der Waals surface area contributed by atoms with E-state index in [0.29, 0.717) is 23.5 Å². The van der Waals surface area contributed by atoms with Crippen molar-refractivity contribution in [1.82, 2.24) is 4.90 Å². The predicted octanol–water partition coefficient (Wildman–Crippen LogP) is 3.97. The molecule has 1 aliphatic heterocycles. The third-order valence-electron chi connectivity index (χ3n) is 4.58. The summed E-state index contributed by atoms with van der Waals surface area (Å²) in [6.07, 6.45) is 0. The van der Waals surface area contributed by atoms with Crippen molar-refractivity contribution in [2.45, 2.75) is 6.54 Å². The number of rotatable bonds is 4. The Morgan fingerprint density at radius 3 is 2.07 bits per heavy atom.